The van der Waals surface area contributed by atoms with Crippen molar-refractivity contribution in [2.75, 3.05) is 19.0 Å². The largest absolute Gasteiger partial charge is 0.480 e. The van der Waals surface area contributed by atoms with E-state index in [0.29, 0.717) is 18.1 Å². The number of carbonyl (C=O) groups excluding carboxylic acids is 1. The van der Waals surface area contributed by atoms with Crippen molar-refractivity contribution in [3.63, 3.8) is 0 Å². The summed E-state index contributed by atoms with van der Waals surface area (Å²) in [5.41, 5.74) is 0. The number of rotatable bonds is 5. The first-order chi connectivity index (χ1) is 8.15. The molecule has 0 spiro atoms. The van der Waals surface area contributed by atoms with Crippen LogP contribution in [0, 0.1) is 0 Å². The number of hydrogen-bond acceptors (Lipinski definition) is 5. The summed E-state index contributed by atoms with van der Waals surface area (Å²) < 4.78 is 4.84. The number of carbonyl (C=O) groups is 1. The summed E-state index contributed by atoms with van der Waals surface area (Å²) >= 11 is 0. The number of methoxy groups -OCH3 is 1. The van der Waals surface area contributed by atoms with Crippen LogP contribution in [-0.2, 0) is 0 Å². The highest BCUT2D eigenvalue weighted by Gasteiger charge is 2.07. The van der Waals surface area contributed by atoms with E-state index in [0.717, 1.165) is 0 Å². The highest BCUT2D eigenvalue weighted by atomic mass is 16.5. The topological polar surface area (TPSA) is 96.4 Å². The highest BCUT2D eigenvalue weighted by Crippen LogP contribution is 2.06. The van der Waals surface area contributed by atoms with E-state index in [2.05, 4.69) is 20.8 Å². The minimum atomic E-state index is -0.384. The number of urea groups is 1. The van der Waals surface area contributed by atoms with Gasteiger partial charge in [-0.3, -0.25) is 5.32 Å². The van der Waals surface area contributed by atoms with Crippen LogP contribution in [0.4, 0.5) is 10.6 Å². The third kappa shape index (κ3) is 4.64. The molecular weight excluding hydrogens is 224 g/mol. The molecule has 0 aliphatic carbocycles. The standard InChI is InChI=1S/C10H16N4O3/c1-7(5-6-15)11-10(16)12-8-3-4-9(17-2)14-13-8/h3-4,7,15H,5-6H2,1-2H3,(H2,11,12,13,16). The third-order valence-electron chi connectivity index (χ3n) is 2.03. The predicted octanol–water partition coefficient (Wildman–Crippen LogP) is 0.378. The van der Waals surface area contributed by atoms with E-state index < -0.39 is 0 Å². The average molecular weight is 240 g/mol. The molecule has 0 saturated heterocycles. The second-order valence-corrected chi connectivity index (χ2v) is 3.47. The first-order valence-electron chi connectivity index (χ1n) is 5.21. The van der Waals surface area contributed by atoms with Crippen LogP contribution in [0.2, 0.25) is 0 Å². The van der Waals surface area contributed by atoms with Gasteiger partial charge in [-0.2, -0.15) is 0 Å². The molecule has 2 amide bonds. The lowest BCUT2D eigenvalue weighted by Gasteiger charge is -2.12. The Morgan fingerprint density at radius 1 is 1.53 bits per heavy atom. The van der Waals surface area contributed by atoms with E-state index >= 15 is 0 Å². The Balaban J connectivity index is 2.44. The van der Waals surface area contributed by atoms with E-state index in [1.807, 2.05) is 0 Å². The lowest BCUT2D eigenvalue weighted by atomic mass is 10.2. The first-order valence-corrected chi connectivity index (χ1v) is 5.21. The summed E-state index contributed by atoms with van der Waals surface area (Å²) in [5, 5.41) is 21.3. The quantitative estimate of drug-likeness (QED) is 0.691. The smallest absolute Gasteiger partial charge is 0.320 e. The van der Waals surface area contributed by atoms with Gasteiger partial charge >= 0.3 is 6.03 Å². The minimum absolute atomic E-state index is 0.0315. The van der Waals surface area contributed by atoms with Crippen LogP contribution >= 0.6 is 0 Å². The fraction of sp³-hybridized carbons (Fsp3) is 0.500. The number of amides is 2. The number of nitrogens with zero attached hydrogens (tertiary/aromatic N) is 2. The van der Waals surface area contributed by atoms with Crippen LogP contribution in [0.15, 0.2) is 12.1 Å². The van der Waals surface area contributed by atoms with E-state index in [1.165, 1.54) is 7.11 Å². The minimum Gasteiger partial charge on any atom is -0.480 e. The van der Waals surface area contributed by atoms with Crippen molar-refractivity contribution in [3.05, 3.63) is 12.1 Å². The van der Waals surface area contributed by atoms with Crippen molar-refractivity contribution >= 4 is 11.8 Å². The Morgan fingerprint density at radius 2 is 2.29 bits per heavy atom. The van der Waals surface area contributed by atoms with Crippen molar-refractivity contribution in [3.8, 4) is 5.88 Å². The Bertz CT molecular complexity index is 355. The van der Waals surface area contributed by atoms with Crippen LogP contribution in [-0.4, -0.2) is 41.1 Å². The number of hydrogen-bond donors (Lipinski definition) is 3. The molecule has 1 rings (SSSR count). The molecule has 0 fully saturated rings. The molecule has 0 radical (unpaired) electrons. The van der Waals surface area contributed by atoms with E-state index in [-0.39, 0.29) is 18.7 Å². The van der Waals surface area contributed by atoms with Crippen LogP contribution < -0.4 is 15.4 Å². The van der Waals surface area contributed by atoms with Gasteiger partial charge in [-0.05, 0) is 19.4 Å². The zero-order chi connectivity index (χ0) is 12.7. The van der Waals surface area contributed by atoms with Crippen LogP contribution in [0.25, 0.3) is 0 Å². The van der Waals surface area contributed by atoms with Gasteiger partial charge in [-0.25, -0.2) is 4.79 Å². The third-order valence-corrected chi connectivity index (χ3v) is 2.03. The Labute approximate surface area is 99.2 Å². The molecule has 0 aromatic carbocycles. The number of aliphatic hydroxyl groups is 1. The van der Waals surface area contributed by atoms with E-state index in [1.54, 1.807) is 19.1 Å². The SMILES string of the molecule is COc1ccc(NC(=O)NC(C)CCO)nn1. The second kappa shape index (κ2) is 6.64. The molecule has 0 saturated carbocycles. The summed E-state index contributed by atoms with van der Waals surface area (Å²) in [6.07, 6.45) is 0.502. The summed E-state index contributed by atoms with van der Waals surface area (Å²) in [6.45, 7) is 1.83. The van der Waals surface area contributed by atoms with Gasteiger partial charge in [0.2, 0.25) is 5.88 Å². The Kier molecular flexibility index (Phi) is 5.15. The molecule has 0 bridgehead atoms. The zero-order valence-corrected chi connectivity index (χ0v) is 9.80. The first kappa shape index (κ1) is 13.2. The average Bonchev–Trinajstić information content (AvgIpc) is 2.30. The summed E-state index contributed by atoms with van der Waals surface area (Å²) in [4.78, 5) is 11.4. The Hall–Kier alpha value is -1.89. The lowest BCUT2D eigenvalue weighted by Crippen LogP contribution is -2.36. The highest BCUT2D eigenvalue weighted by molar-refractivity contribution is 5.88. The van der Waals surface area contributed by atoms with Crippen LogP contribution in [0.3, 0.4) is 0 Å². The molecule has 1 aromatic heterocycles. The van der Waals surface area contributed by atoms with Gasteiger partial charge < -0.3 is 15.2 Å². The molecule has 94 valence electrons. The van der Waals surface area contributed by atoms with Gasteiger partial charge in [0.05, 0.1) is 7.11 Å². The molecule has 7 heteroatoms. The van der Waals surface area contributed by atoms with Gasteiger partial charge in [0.15, 0.2) is 5.82 Å². The van der Waals surface area contributed by atoms with Crippen molar-refractivity contribution < 1.29 is 14.6 Å². The monoisotopic (exact) mass is 240 g/mol. The van der Waals surface area contributed by atoms with Gasteiger partial charge in [0.25, 0.3) is 0 Å². The molecule has 0 aliphatic heterocycles. The molecule has 7 nitrogen and oxygen atoms in total. The number of aliphatic hydroxyl groups excluding tert-OH is 1. The van der Waals surface area contributed by atoms with Crippen LogP contribution in [0.1, 0.15) is 13.3 Å². The summed E-state index contributed by atoms with van der Waals surface area (Å²) in [5.74, 6) is 0.712. The molecule has 1 aromatic rings. The number of anilines is 1. The fourth-order valence-electron chi connectivity index (χ4n) is 1.14. The normalized spacial score (nSPS) is 11.7. The molecule has 1 atom stereocenters. The van der Waals surface area contributed by atoms with Gasteiger partial charge in [-0.1, -0.05) is 0 Å². The van der Waals surface area contributed by atoms with E-state index in [4.69, 9.17) is 9.84 Å². The van der Waals surface area contributed by atoms with Crippen molar-refractivity contribution in [2.24, 2.45) is 0 Å². The van der Waals surface area contributed by atoms with Gasteiger partial charge in [0.1, 0.15) is 0 Å². The molecule has 1 unspecified atom stereocenters. The Morgan fingerprint density at radius 3 is 2.82 bits per heavy atom. The molecule has 0 aliphatic rings. The van der Waals surface area contributed by atoms with Crippen LogP contribution in [0.5, 0.6) is 5.88 Å². The second-order valence-electron chi connectivity index (χ2n) is 3.47. The van der Waals surface area contributed by atoms with Gasteiger partial charge in [0, 0.05) is 18.7 Å². The predicted molar refractivity (Wildman–Crippen MR) is 61.9 cm³/mol. The number of ether oxygens (including phenoxy) is 1. The number of aromatic nitrogens is 2. The molecule has 3 N–H and O–H groups in total. The van der Waals surface area contributed by atoms with Gasteiger partial charge in [-0.15, -0.1) is 10.2 Å². The number of nitrogens with one attached hydrogen (secondary N) is 2. The molecular formula is C10H16N4O3. The summed E-state index contributed by atoms with van der Waals surface area (Å²) in [7, 11) is 1.49. The molecule has 1 heterocycles. The lowest BCUT2D eigenvalue weighted by molar-refractivity contribution is 0.241. The van der Waals surface area contributed by atoms with Crippen molar-refractivity contribution in [1.82, 2.24) is 15.5 Å². The summed E-state index contributed by atoms with van der Waals surface area (Å²) in [6, 6.07) is 2.69. The zero-order valence-electron chi connectivity index (χ0n) is 9.80. The van der Waals surface area contributed by atoms with Crippen molar-refractivity contribution in [2.45, 2.75) is 19.4 Å². The maximum atomic E-state index is 11.4. The maximum Gasteiger partial charge on any atom is 0.320 e. The van der Waals surface area contributed by atoms with E-state index in [9.17, 15) is 4.79 Å². The maximum absolute atomic E-state index is 11.4. The molecule has 17 heavy (non-hydrogen) atoms. The fourth-order valence-corrected chi connectivity index (χ4v) is 1.14. The van der Waals surface area contributed by atoms with Crippen molar-refractivity contribution in [1.29, 1.82) is 0 Å².